The summed E-state index contributed by atoms with van der Waals surface area (Å²) in [7, 11) is 0. The molecule has 2 N–H and O–H groups in total. The van der Waals surface area contributed by atoms with E-state index in [0.717, 1.165) is 36.9 Å². The van der Waals surface area contributed by atoms with Crippen LogP contribution < -0.4 is 5.32 Å². The van der Waals surface area contributed by atoms with E-state index in [1.807, 2.05) is 0 Å². The lowest BCUT2D eigenvalue weighted by molar-refractivity contribution is 0.0635. The van der Waals surface area contributed by atoms with Crippen LogP contribution in [0.15, 0.2) is 6.07 Å². The summed E-state index contributed by atoms with van der Waals surface area (Å²) in [6.45, 7) is 5.22. The Morgan fingerprint density at radius 2 is 1.95 bits per heavy atom. The lowest BCUT2D eigenvalue weighted by Gasteiger charge is -2.21. The summed E-state index contributed by atoms with van der Waals surface area (Å²) in [5.41, 5.74) is 1.16. The van der Waals surface area contributed by atoms with Crippen LogP contribution in [0.3, 0.4) is 0 Å². The largest absolute Gasteiger partial charge is 0.478 e. The molecule has 0 unspecified atom stereocenters. The van der Waals surface area contributed by atoms with Gasteiger partial charge in [-0.15, -0.1) is 0 Å². The van der Waals surface area contributed by atoms with E-state index < -0.39 is 17.7 Å². The number of ether oxygens (including phenoxy) is 1. The zero-order chi connectivity index (χ0) is 15.6. The van der Waals surface area contributed by atoms with Crippen LogP contribution in [0, 0.1) is 0 Å². The lowest BCUT2D eigenvalue weighted by Crippen LogP contribution is -2.28. The van der Waals surface area contributed by atoms with Crippen LogP contribution in [0.2, 0.25) is 0 Å². The second kappa shape index (κ2) is 5.71. The van der Waals surface area contributed by atoms with Crippen molar-refractivity contribution >= 4 is 17.9 Å². The van der Waals surface area contributed by atoms with Crippen molar-refractivity contribution in [2.24, 2.45) is 0 Å². The molecule has 0 aromatic carbocycles. The predicted octanol–water partition coefficient (Wildman–Crippen LogP) is 3.01. The molecule has 114 valence electrons. The molecule has 0 fully saturated rings. The van der Waals surface area contributed by atoms with E-state index >= 15 is 0 Å². The first-order valence-electron chi connectivity index (χ1n) is 7.02. The molecule has 0 bridgehead atoms. The number of nitrogens with zero attached hydrogens (tertiary/aromatic N) is 1. The molecule has 6 heteroatoms. The van der Waals surface area contributed by atoms with E-state index in [2.05, 4.69) is 10.3 Å². The van der Waals surface area contributed by atoms with Gasteiger partial charge in [-0.2, -0.15) is 0 Å². The van der Waals surface area contributed by atoms with E-state index in [0.29, 0.717) is 0 Å². The first kappa shape index (κ1) is 15.3. The summed E-state index contributed by atoms with van der Waals surface area (Å²) < 4.78 is 5.14. The van der Waals surface area contributed by atoms with Crippen molar-refractivity contribution in [2.75, 3.05) is 5.32 Å². The topological polar surface area (TPSA) is 88.5 Å². The standard InChI is InChI=1S/C15H20N2O4/c1-15(2,3)21-14(20)17-12-10(13(18)19)8-9-6-4-5-7-11(9)16-12/h8H,4-7H2,1-3H3,(H,18,19)(H,16,17,20). The summed E-state index contributed by atoms with van der Waals surface area (Å²) in [5, 5.41) is 11.7. The lowest BCUT2D eigenvalue weighted by atomic mass is 9.95. The fraction of sp³-hybridized carbons (Fsp3) is 0.533. The molecule has 1 aliphatic rings. The SMILES string of the molecule is CC(C)(C)OC(=O)Nc1nc2c(cc1C(=O)O)CCCC2. The second-order valence-corrected chi connectivity index (χ2v) is 6.13. The van der Waals surface area contributed by atoms with Crippen LogP contribution in [-0.4, -0.2) is 27.8 Å². The number of aromatic carboxylic acids is 1. The average Bonchev–Trinajstić information content (AvgIpc) is 2.35. The summed E-state index contributed by atoms with van der Waals surface area (Å²) in [5.74, 6) is -1.06. The smallest absolute Gasteiger partial charge is 0.413 e. The van der Waals surface area contributed by atoms with Crippen LogP contribution >= 0.6 is 0 Å². The fourth-order valence-electron chi connectivity index (χ4n) is 2.29. The number of carbonyl (C=O) groups is 2. The van der Waals surface area contributed by atoms with E-state index in [4.69, 9.17) is 4.74 Å². The van der Waals surface area contributed by atoms with Gasteiger partial charge in [-0.05, 0) is 58.1 Å². The number of anilines is 1. The molecule has 21 heavy (non-hydrogen) atoms. The third-order valence-electron chi connectivity index (χ3n) is 3.15. The number of rotatable bonds is 2. The number of carboxylic acids is 1. The van der Waals surface area contributed by atoms with Gasteiger partial charge in [-0.3, -0.25) is 5.32 Å². The van der Waals surface area contributed by atoms with Crippen molar-refractivity contribution in [3.8, 4) is 0 Å². The number of hydrogen-bond acceptors (Lipinski definition) is 4. The minimum Gasteiger partial charge on any atom is -0.478 e. The Hall–Kier alpha value is -2.11. The highest BCUT2D eigenvalue weighted by atomic mass is 16.6. The quantitative estimate of drug-likeness (QED) is 0.874. The van der Waals surface area contributed by atoms with Gasteiger partial charge in [0.15, 0.2) is 0 Å². The maximum absolute atomic E-state index is 11.8. The zero-order valence-corrected chi connectivity index (χ0v) is 12.5. The molecular formula is C15H20N2O4. The van der Waals surface area contributed by atoms with Crippen LogP contribution in [0.4, 0.5) is 10.6 Å². The van der Waals surface area contributed by atoms with Crippen molar-refractivity contribution in [3.05, 3.63) is 22.9 Å². The number of fused-ring (bicyclic) bond motifs is 1. The molecule has 0 saturated carbocycles. The van der Waals surface area contributed by atoms with Crippen LogP contribution in [0.25, 0.3) is 0 Å². The van der Waals surface area contributed by atoms with Gasteiger partial charge < -0.3 is 9.84 Å². The van der Waals surface area contributed by atoms with Crippen molar-refractivity contribution in [1.82, 2.24) is 4.98 Å². The molecule has 1 aromatic heterocycles. The van der Waals surface area contributed by atoms with Crippen LogP contribution in [0.5, 0.6) is 0 Å². The molecular weight excluding hydrogens is 272 g/mol. The monoisotopic (exact) mass is 292 g/mol. The minimum absolute atomic E-state index is 0.00140. The van der Waals surface area contributed by atoms with E-state index in [9.17, 15) is 14.7 Å². The highest BCUT2D eigenvalue weighted by molar-refractivity contribution is 5.97. The number of amides is 1. The highest BCUT2D eigenvalue weighted by Crippen LogP contribution is 2.25. The van der Waals surface area contributed by atoms with E-state index in [-0.39, 0.29) is 11.4 Å². The Kier molecular flexibility index (Phi) is 4.16. The molecule has 0 spiro atoms. The van der Waals surface area contributed by atoms with Crippen molar-refractivity contribution in [3.63, 3.8) is 0 Å². The molecule has 0 aliphatic heterocycles. The van der Waals surface area contributed by atoms with Gasteiger partial charge in [0.2, 0.25) is 0 Å². The van der Waals surface area contributed by atoms with Crippen LogP contribution in [0.1, 0.15) is 55.2 Å². The first-order valence-corrected chi connectivity index (χ1v) is 7.02. The summed E-state index contributed by atoms with van der Waals surface area (Å²) in [6, 6.07) is 1.61. The summed E-state index contributed by atoms with van der Waals surface area (Å²) >= 11 is 0. The molecule has 0 radical (unpaired) electrons. The zero-order valence-electron chi connectivity index (χ0n) is 12.5. The molecule has 6 nitrogen and oxygen atoms in total. The average molecular weight is 292 g/mol. The number of pyridine rings is 1. The molecule has 2 rings (SSSR count). The Balaban J connectivity index is 2.29. The molecule has 1 heterocycles. The van der Waals surface area contributed by atoms with E-state index in [1.165, 1.54) is 0 Å². The van der Waals surface area contributed by atoms with Gasteiger partial charge in [-0.25, -0.2) is 14.6 Å². The summed E-state index contributed by atoms with van der Waals surface area (Å²) in [4.78, 5) is 27.5. The maximum Gasteiger partial charge on any atom is 0.413 e. The number of hydrogen-bond donors (Lipinski definition) is 2. The Morgan fingerprint density at radius 3 is 2.57 bits per heavy atom. The van der Waals surface area contributed by atoms with Gasteiger partial charge in [0.25, 0.3) is 0 Å². The van der Waals surface area contributed by atoms with E-state index in [1.54, 1.807) is 26.8 Å². The number of carboxylic acid groups (broad SMARTS) is 1. The number of aromatic nitrogens is 1. The van der Waals surface area contributed by atoms with Gasteiger partial charge in [0.05, 0.1) is 0 Å². The number of nitrogens with one attached hydrogen (secondary N) is 1. The van der Waals surface area contributed by atoms with Crippen molar-refractivity contribution in [2.45, 2.75) is 52.1 Å². The van der Waals surface area contributed by atoms with Gasteiger partial charge in [0.1, 0.15) is 17.0 Å². The Labute approximate surface area is 123 Å². The third-order valence-corrected chi connectivity index (χ3v) is 3.15. The molecule has 1 amide bonds. The van der Waals surface area contributed by atoms with Gasteiger partial charge in [-0.1, -0.05) is 0 Å². The summed E-state index contributed by atoms with van der Waals surface area (Å²) in [6.07, 6.45) is 2.99. The molecule has 1 aliphatic carbocycles. The Morgan fingerprint density at radius 1 is 1.29 bits per heavy atom. The third kappa shape index (κ3) is 3.93. The van der Waals surface area contributed by atoms with Gasteiger partial charge >= 0.3 is 12.1 Å². The highest BCUT2D eigenvalue weighted by Gasteiger charge is 2.22. The minimum atomic E-state index is -1.11. The second-order valence-electron chi connectivity index (χ2n) is 6.13. The molecule has 1 aromatic rings. The number of aryl methyl sites for hydroxylation is 2. The fourth-order valence-corrected chi connectivity index (χ4v) is 2.29. The van der Waals surface area contributed by atoms with Gasteiger partial charge in [0, 0.05) is 5.69 Å². The first-order chi connectivity index (χ1) is 9.76. The molecule has 0 atom stereocenters. The molecule has 0 saturated heterocycles. The maximum atomic E-state index is 11.8. The normalized spacial score (nSPS) is 14.2. The van der Waals surface area contributed by atoms with Crippen molar-refractivity contribution in [1.29, 1.82) is 0 Å². The number of carbonyl (C=O) groups excluding carboxylic acids is 1. The van der Waals surface area contributed by atoms with Crippen molar-refractivity contribution < 1.29 is 19.4 Å². The Bertz CT molecular complexity index is 576. The predicted molar refractivity (Wildman–Crippen MR) is 77.7 cm³/mol. The van der Waals surface area contributed by atoms with Crippen LogP contribution in [-0.2, 0) is 17.6 Å².